The highest BCUT2D eigenvalue weighted by Gasteiger charge is 2.58. The summed E-state index contributed by atoms with van der Waals surface area (Å²) in [5, 5.41) is 0. The van der Waals surface area contributed by atoms with E-state index in [0.717, 1.165) is 17.8 Å². The van der Waals surface area contributed by atoms with Crippen molar-refractivity contribution in [2.24, 2.45) is 29.6 Å². The summed E-state index contributed by atoms with van der Waals surface area (Å²) in [4.78, 5) is 0. The molecule has 2 aliphatic carbocycles. The molecule has 2 saturated carbocycles. The average Bonchev–Trinajstić information content (AvgIpc) is 2.75. The van der Waals surface area contributed by atoms with Crippen LogP contribution in [0, 0.1) is 29.6 Å². The first-order valence-electron chi connectivity index (χ1n) is 5.24. The van der Waals surface area contributed by atoms with Gasteiger partial charge in [-0.15, -0.1) is 0 Å². The topological polar surface area (TPSA) is 0 Å². The monoisotopic (exact) mass is 152 g/mol. The second-order valence-corrected chi connectivity index (χ2v) is 4.84. The smallest absolute Gasteiger partial charge is 0.0349 e. The van der Waals surface area contributed by atoms with Gasteiger partial charge in [-0.25, -0.2) is 0 Å². The summed E-state index contributed by atoms with van der Waals surface area (Å²) in [5.41, 5.74) is 0. The molecule has 5 atom stereocenters. The van der Waals surface area contributed by atoms with Gasteiger partial charge in [-0.2, -0.15) is 0 Å². The van der Waals surface area contributed by atoms with Crippen molar-refractivity contribution in [1.29, 1.82) is 0 Å². The van der Waals surface area contributed by atoms with E-state index in [-0.39, 0.29) is 0 Å². The van der Waals surface area contributed by atoms with Crippen molar-refractivity contribution in [3.63, 3.8) is 0 Å². The largest absolute Gasteiger partial charge is 0.0651 e. The first-order chi connectivity index (χ1) is 5.24. The first-order valence-corrected chi connectivity index (χ1v) is 5.24. The molecule has 2 aliphatic rings. The van der Waals surface area contributed by atoms with E-state index in [2.05, 4.69) is 20.8 Å². The molecule has 0 spiro atoms. The molecule has 0 aliphatic heterocycles. The minimum absolute atomic E-state index is 0.976. The molecule has 2 fully saturated rings. The lowest BCUT2D eigenvalue weighted by molar-refractivity contribution is 0.140. The van der Waals surface area contributed by atoms with Crippen LogP contribution in [0.15, 0.2) is 0 Å². The van der Waals surface area contributed by atoms with Gasteiger partial charge in [0.25, 0.3) is 0 Å². The first kappa shape index (κ1) is 7.64. The molecular weight excluding hydrogens is 132 g/mol. The summed E-state index contributed by atoms with van der Waals surface area (Å²) in [6.45, 7) is 7.18. The van der Waals surface area contributed by atoms with E-state index >= 15 is 0 Å². The van der Waals surface area contributed by atoms with Crippen LogP contribution >= 0.6 is 0 Å². The molecule has 64 valence electrons. The Morgan fingerprint density at radius 1 is 1.36 bits per heavy atom. The number of fused-ring (bicyclic) bond motifs is 1. The van der Waals surface area contributed by atoms with Gasteiger partial charge < -0.3 is 0 Å². The Bertz CT molecular complexity index is 150. The highest BCUT2D eigenvalue weighted by atomic mass is 14.6. The zero-order valence-corrected chi connectivity index (χ0v) is 8.01. The zero-order chi connectivity index (χ0) is 8.01. The zero-order valence-electron chi connectivity index (χ0n) is 8.01. The average molecular weight is 152 g/mol. The molecule has 11 heavy (non-hydrogen) atoms. The lowest BCUT2D eigenvalue weighted by Gasteiger charge is -2.35. The highest BCUT2D eigenvalue weighted by molar-refractivity contribution is 5.07. The van der Waals surface area contributed by atoms with Gasteiger partial charge in [0.15, 0.2) is 0 Å². The summed E-state index contributed by atoms with van der Waals surface area (Å²) in [7, 11) is 0. The predicted molar refractivity (Wildman–Crippen MR) is 48.3 cm³/mol. The van der Waals surface area contributed by atoms with Crippen molar-refractivity contribution in [2.45, 2.75) is 40.0 Å². The molecule has 0 heterocycles. The van der Waals surface area contributed by atoms with Gasteiger partial charge in [-0.05, 0) is 42.4 Å². The van der Waals surface area contributed by atoms with Crippen molar-refractivity contribution in [3.8, 4) is 0 Å². The molecule has 0 aromatic carbocycles. The van der Waals surface area contributed by atoms with Crippen molar-refractivity contribution in [2.75, 3.05) is 0 Å². The van der Waals surface area contributed by atoms with Gasteiger partial charge >= 0.3 is 0 Å². The number of rotatable bonds is 3. The molecule has 0 heteroatoms. The number of hydrogen-bond donors (Lipinski definition) is 0. The second kappa shape index (κ2) is 2.50. The molecule has 2 rings (SSSR count). The van der Waals surface area contributed by atoms with Gasteiger partial charge in [-0.1, -0.05) is 27.2 Å². The summed E-state index contributed by atoms with van der Waals surface area (Å²) in [6.07, 6.45) is 4.46. The van der Waals surface area contributed by atoms with Crippen LogP contribution in [0.3, 0.4) is 0 Å². The molecular formula is C11H20. The Hall–Kier alpha value is 0. The Kier molecular flexibility index (Phi) is 1.74. The third-order valence-electron chi connectivity index (χ3n) is 4.16. The van der Waals surface area contributed by atoms with E-state index in [1.807, 2.05) is 0 Å². The molecule has 0 radical (unpaired) electrons. The van der Waals surface area contributed by atoms with Gasteiger partial charge in [0.1, 0.15) is 0 Å². The standard InChI is InChI=1S/C11H20/c1-4-7(2)5-9-8(3)10-6-11(9)10/h7-11H,4-6H2,1-3H3. The predicted octanol–water partition coefficient (Wildman–Crippen LogP) is 3.32. The van der Waals surface area contributed by atoms with E-state index in [1.165, 1.54) is 24.7 Å². The van der Waals surface area contributed by atoms with Gasteiger partial charge in [0, 0.05) is 0 Å². The quantitative estimate of drug-likeness (QED) is 0.582. The minimum Gasteiger partial charge on any atom is -0.0651 e. The van der Waals surface area contributed by atoms with Crippen LogP contribution in [0.4, 0.5) is 0 Å². The van der Waals surface area contributed by atoms with Crippen LogP contribution in [0.2, 0.25) is 0 Å². The van der Waals surface area contributed by atoms with Crippen molar-refractivity contribution >= 4 is 0 Å². The summed E-state index contributed by atoms with van der Waals surface area (Å²) < 4.78 is 0. The van der Waals surface area contributed by atoms with Crippen LogP contribution < -0.4 is 0 Å². The molecule has 0 N–H and O–H groups in total. The third kappa shape index (κ3) is 1.11. The van der Waals surface area contributed by atoms with E-state index in [9.17, 15) is 0 Å². The minimum atomic E-state index is 0.976. The third-order valence-corrected chi connectivity index (χ3v) is 4.16. The lowest BCUT2D eigenvalue weighted by Crippen LogP contribution is -2.28. The van der Waals surface area contributed by atoms with E-state index < -0.39 is 0 Å². The normalized spacial score (nSPS) is 49.4. The summed E-state index contributed by atoms with van der Waals surface area (Å²) in [6, 6.07) is 0. The fourth-order valence-corrected chi connectivity index (χ4v) is 2.92. The fourth-order valence-electron chi connectivity index (χ4n) is 2.92. The molecule has 0 amide bonds. The Balaban J connectivity index is 1.79. The van der Waals surface area contributed by atoms with E-state index in [4.69, 9.17) is 0 Å². The second-order valence-electron chi connectivity index (χ2n) is 4.84. The van der Waals surface area contributed by atoms with Crippen LogP contribution in [0.5, 0.6) is 0 Å². The fraction of sp³-hybridized carbons (Fsp3) is 1.00. The van der Waals surface area contributed by atoms with Gasteiger partial charge in [0.2, 0.25) is 0 Å². The van der Waals surface area contributed by atoms with Gasteiger partial charge in [0.05, 0.1) is 0 Å². The lowest BCUT2D eigenvalue weighted by atomic mass is 9.71. The Morgan fingerprint density at radius 3 is 2.55 bits per heavy atom. The molecule has 0 nitrogen and oxygen atoms in total. The van der Waals surface area contributed by atoms with E-state index in [0.29, 0.717) is 0 Å². The highest BCUT2D eigenvalue weighted by Crippen LogP contribution is 2.65. The molecule has 0 aromatic rings. The van der Waals surface area contributed by atoms with Crippen molar-refractivity contribution in [3.05, 3.63) is 0 Å². The SMILES string of the molecule is CCC(C)CC1C(C)C2CC12. The van der Waals surface area contributed by atoms with Gasteiger partial charge in [-0.3, -0.25) is 0 Å². The Morgan fingerprint density at radius 2 is 2.09 bits per heavy atom. The van der Waals surface area contributed by atoms with Crippen molar-refractivity contribution in [1.82, 2.24) is 0 Å². The van der Waals surface area contributed by atoms with Crippen LogP contribution in [0.1, 0.15) is 40.0 Å². The van der Waals surface area contributed by atoms with E-state index in [1.54, 1.807) is 6.42 Å². The Labute approximate surface area is 70.4 Å². The summed E-state index contributed by atoms with van der Waals surface area (Å²) >= 11 is 0. The van der Waals surface area contributed by atoms with Crippen LogP contribution in [-0.2, 0) is 0 Å². The van der Waals surface area contributed by atoms with Crippen LogP contribution in [0.25, 0.3) is 0 Å². The van der Waals surface area contributed by atoms with Crippen LogP contribution in [-0.4, -0.2) is 0 Å². The van der Waals surface area contributed by atoms with Crippen molar-refractivity contribution < 1.29 is 0 Å². The maximum Gasteiger partial charge on any atom is -0.0349 e. The molecule has 0 aromatic heterocycles. The summed E-state index contributed by atoms with van der Waals surface area (Å²) in [5.74, 6) is 5.52. The number of hydrogen-bond acceptors (Lipinski definition) is 0. The maximum atomic E-state index is 2.46. The molecule has 0 saturated heterocycles. The molecule has 0 bridgehead atoms. The molecule has 5 unspecified atom stereocenters. The maximum absolute atomic E-state index is 2.46.